The molecule has 20 heavy (non-hydrogen) atoms. The molecular weight excluding hydrogens is 256 g/mol. The first kappa shape index (κ1) is 16.5. The highest BCUT2D eigenvalue weighted by molar-refractivity contribution is 5.78. The minimum absolute atomic E-state index is 0.00784. The molecule has 0 saturated heterocycles. The number of hydrogen-bond acceptors (Lipinski definition) is 4. The Morgan fingerprint density at radius 3 is 2.60 bits per heavy atom. The standard InChI is InChI=1S/C15H24N2O3/c1-15(2,12-18)17(3)11-14(19)16-9-10-20-13-7-5-4-6-8-13/h4-8,18H,9-12H2,1-3H3,(H,16,19). The maximum Gasteiger partial charge on any atom is 0.234 e. The largest absolute Gasteiger partial charge is 0.492 e. The van der Waals surface area contributed by atoms with E-state index >= 15 is 0 Å². The highest BCUT2D eigenvalue weighted by atomic mass is 16.5. The molecule has 0 unspecified atom stereocenters. The maximum absolute atomic E-state index is 11.7. The number of rotatable bonds is 8. The van der Waals surface area contributed by atoms with Crippen LogP contribution in [-0.4, -0.2) is 54.8 Å². The topological polar surface area (TPSA) is 61.8 Å². The van der Waals surface area contributed by atoms with Gasteiger partial charge in [-0.15, -0.1) is 0 Å². The van der Waals surface area contributed by atoms with Gasteiger partial charge < -0.3 is 15.2 Å². The van der Waals surface area contributed by atoms with Crippen LogP contribution in [0, 0.1) is 0 Å². The van der Waals surface area contributed by atoms with Crippen LogP contribution < -0.4 is 10.1 Å². The number of ether oxygens (including phenoxy) is 1. The summed E-state index contributed by atoms with van der Waals surface area (Å²) in [7, 11) is 1.82. The van der Waals surface area contributed by atoms with Crippen LogP contribution in [-0.2, 0) is 4.79 Å². The molecule has 0 aliphatic rings. The Morgan fingerprint density at radius 2 is 2.00 bits per heavy atom. The SMILES string of the molecule is CN(CC(=O)NCCOc1ccccc1)C(C)(C)CO. The van der Waals surface area contributed by atoms with Gasteiger partial charge >= 0.3 is 0 Å². The normalized spacial score (nSPS) is 11.4. The van der Waals surface area contributed by atoms with Crippen molar-refractivity contribution in [1.29, 1.82) is 0 Å². The van der Waals surface area contributed by atoms with Crippen molar-refractivity contribution in [3.8, 4) is 5.75 Å². The van der Waals surface area contributed by atoms with Gasteiger partial charge in [0.05, 0.1) is 19.7 Å². The van der Waals surface area contributed by atoms with E-state index in [-0.39, 0.29) is 19.1 Å². The summed E-state index contributed by atoms with van der Waals surface area (Å²) in [6, 6.07) is 9.48. The van der Waals surface area contributed by atoms with Crippen molar-refractivity contribution in [2.45, 2.75) is 19.4 Å². The van der Waals surface area contributed by atoms with Crippen molar-refractivity contribution in [3.63, 3.8) is 0 Å². The van der Waals surface area contributed by atoms with Crippen LogP contribution in [0.4, 0.5) is 0 Å². The summed E-state index contributed by atoms with van der Waals surface area (Å²) in [6.07, 6.45) is 0. The number of aliphatic hydroxyl groups is 1. The summed E-state index contributed by atoms with van der Waals surface area (Å²) < 4.78 is 5.48. The fourth-order valence-electron chi connectivity index (χ4n) is 1.48. The number of carbonyl (C=O) groups is 1. The lowest BCUT2D eigenvalue weighted by Gasteiger charge is -2.33. The molecule has 0 saturated carbocycles. The second-order valence-corrected chi connectivity index (χ2v) is 5.34. The van der Waals surface area contributed by atoms with Crippen molar-refractivity contribution in [3.05, 3.63) is 30.3 Å². The van der Waals surface area contributed by atoms with E-state index in [1.54, 1.807) is 0 Å². The van der Waals surface area contributed by atoms with Gasteiger partial charge in [0.25, 0.3) is 0 Å². The van der Waals surface area contributed by atoms with E-state index < -0.39 is 5.54 Å². The maximum atomic E-state index is 11.7. The summed E-state index contributed by atoms with van der Waals surface area (Å²) >= 11 is 0. The second kappa shape index (κ2) is 7.87. The molecule has 0 bridgehead atoms. The van der Waals surface area contributed by atoms with E-state index in [9.17, 15) is 9.90 Å². The highest BCUT2D eigenvalue weighted by Gasteiger charge is 2.23. The molecule has 0 spiro atoms. The third kappa shape index (κ3) is 5.59. The van der Waals surface area contributed by atoms with E-state index in [0.717, 1.165) is 5.75 Å². The zero-order valence-corrected chi connectivity index (χ0v) is 12.4. The molecule has 0 heterocycles. The molecule has 112 valence electrons. The van der Waals surface area contributed by atoms with Gasteiger partial charge in [-0.3, -0.25) is 9.69 Å². The third-order valence-electron chi connectivity index (χ3n) is 3.24. The Morgan fingerprint density at radius 1 is 1.35 bits per heavy atom. The van der Waals surface area contributed by atoms with Crippen molar-refractivity contribution in [2.75, 3.05) is 33.4 Å². The van der Waals surface area contributed by atoms with Crippen molar-refractivity contribution in [2.24, 2.45) is 0 Å². The first-order chi connectivity index (χ1) is 9.45. The van der Waals surface area contributed by atoms with E-state index in [1.807, 2.05) is 56.1 Å². The minimum Gasteiger partial charge on any atom is -0.492 e. The molecule has 1 aromatic carbocycles. The number of amides is 1. The van der Waals surface area contributed by atoms with Gasteiger partial charge in [-0.05, 0) is 33.0 Å². The number of hydrogen-bond donors (Lipinski definition) is 2. The molecule has 0 aliphatic carbocycles. The lowest BCUT2D eigenvalue weighted by molar-refractivity contribution is -0.123. The first-order valence-corrected chi connectivity index (χ1v) is 6.72. The Kier molecular flexibility index (Phi) is 6.48. The first-order valence-electron chi connectivity index (χ1n) is 6.72. The summed E-state index contributed by atoms with van der Waals surface area (Å²) in [6.45, 7) is 4.92. The Bertz CT molecular complexity index is 407. The summed E-state index contributed by atoms with van der Waals surface area (Å²) in [4.78, 5) is 13.6. The average molecular weight is 280 g/mol. The lowest BCUT2D eigenvalue weighted by Crippen LogP contribution is -2.49. The average Bonchev–Trinajstić information content (AvgIpc) is 2.44. The van der Waals surface area contributed by atoms with E-state index in [1.165, 1.54) is 0 Å². The zero-order chi connectivity index (χ0) is 15.0. The number of carbonyl (C=O) groups excluding carboxylic acids is 1. The predicted molar refractivity (Wildman–Crippen MR) is 78.7 cm³/mol. The molecule has 5 heteroatoms. The molecule has 1 rings (SSSR count). The van der Waals surface area contributed by atoms with Crippen molar-refractivity contribution in [1.82, 2.24) is 10.2 Å². The number of likely N-dealkylation sites (N-methyl/N-ethyl adjacent to an activating group) is 1. The van der Waals surface area contributed by atoms with Crippen LogP contribution in [0.3, 0.4) is 0 Å². The van der Waals surface area contributed by atoms with Gasteiger partial charge in [-0.2, -0.15) is 0 Å². The minimum atomic E-state index is -0.405. The van der Waals surface area contributed by atoms with Gasteiger partial charge in [-0.25, -0.2) is 0 Å². The van der Waals surface area contributed by atoms with Crippen LogP contribution >= 0.6 is 0 Å². The van der Waals surface area contributed by atoms with E-state index in [4.69, 9.17) is 4.74 Å². The highest BCUT2D eigenvalue weighted by Crippen LogP contribution is 2.10. The monoisotopic (exact) mass is 280 g/mol. The van der Waals surface area contributed by atoms with Gasteiger partial charge in [0, 0.05) is 5.54 Å². The number of aliphatic hydroxyl groups excluding tert-OH is 1. The van der Waals surface area contributed by atoms with Crippen LogP contribution in [0.15, 0.2) is 30.3 Å². The molecule has 0 aliphatic heterocycles. The Hall–Kier alpha value is -1.59. The summed E-state index contributed by atoms with van der Waals surface area (Å²) in [5.41, 5.74) is -0.405. The van der Waals surface area contributed by atoms with Crippen molar-refractivity contribution >= 4 is 5.91 Å². The zero-order valence-electron chi connectivity index (χ0n) is 12.4. The van der Waals surface area contributed by atoms with E-state index in [0.29, 0.717) is 13.2 Å². The van der Waals surface area contributed by atoms with Crippen LogP contribution in [0.5, 0.6) is 5.75 Å². The third-order valence-corrected chi connectivity index (χ3v) is 3.24. The van der Waals surface area contributed by atoms with Gasteiger partial charge in [-0.1, -0.05) is 18.2 Å². The van der Waals surface area contributed by atoms with Gasteiger partial charge in [0.1, 0.15) is 12.4 Å². The number of nitrogens with zero attached hydrogens (tertiary/aromatic N) is 1. The fraction of sp³-hybridized carbons (Fsp3) is 0.533. The van der Waals surface area contributed by atoms with Gasteiger partial charge in [0.15, 0.2) is 0 Å². The molecule has 1 amide bonds. The molecular formula is C15H24N2O3. The number of para-hydroxylation sites is 1. The Labute approximate surface area is 120 Å². The molecule has 1 aromatic rings. The molecule has 5 nitrogen and oxygen atoms in total. The molecule has 0 fully saturated rings. The summed E-state index contributed by atoms with van der Waals surface area (Å²) in [5.74, 6) is 0.714. The quantitative estimate of drug-likeness (QED) is 0.694. The van der Waals surface area contributed by atoms with Crippen molar-refractivity contribution < 1.29 is 14.6 Å². The van der Waals surface area contributed by atoms with Crippen LogP contribution in [0.1, 0.15) is 13.8 Å². The predicted octanol–water partition coefficient (Wildman–Crippen LogP) is 0.884. The molecule has 2 N–H and O–H groups in total. The lowest BCUT2D eigenvalue weighted by atomic mass is 10.1. The number of nitrogens with one attached hydrogen (secondary N) is 1. The van der Waals surface area contributed by atoms with Crippen LogP contribution in [0.25, 0.3) is 0 Å². The molecule has 0 atom stereocenters. The molecule has 0 radical (unpaired) electrons. The smallest absolute Gasteiger partial charge is 0.234 e. The molecule has 0 aromatic heterocycles. The number of benzene rings is 1. The summed E-state index contributed by atoms with van der Waals surface area (Å²) in [5, 5.41) is 12.0. The fourth-order valence-corrected chi connectivity index (χ4v) is 1.48. The second-order valence-electron chi connectivity index (χ2n) is 5.34. The van der Waals surface area contributed by atoms with E-state index in [2.05, 4.69) is 5.32 Å². The van der Waals surface area contributed by atoms with Gasteiger partial charge in [0.2, 0.25) is 5.91 Å². The van der Waals surface area contributed by atoms with Crippen LogP contribution in [0.2, 0.25) is 0 Å². The Balaban J connectivity index is 2.21.